The fourth-order valence-electron chi connectivity index (χ4n) is 11.4. The van der Waals surface area contributed by atoms with Crippen molar-refractivity contribution in [1.82, 2.24) is 4.57 Å². The second kappa shape index (κ2) is 17.2. The number of para-hydroxylation sites is 3. The molecule has 0 radical (unpaired) electrons. The summed E-state index contributed by atoms with van der Waals surface area (Å²) < 4.78 is 2.48. The van der Waals surface area contributed by atoms with E-state index in [9.17, 15) is 0 Å². The Kier molecular flexibility index (Phi) is 9.89. The van der Waals surface area contributed by atoms with Crippen LogP contribution in [0.5, 0.6) is 0 Å². The van der Waals surface area contributed by atoms with Crippen LogP contribution < -0.4 is 4.90 Å². The van der Waals surface area contributed by atoms with Gasteiger partial charge in [0.25, 0.3) is 0 Å². The molecule has 72 heavy (non-hydrogen) atoms. The summed E-state index contributed by atoms with van der Waals surface area (Å²) in [6.45, 7) is 0. The first-order chi connectivity index (χ1) is 35.7. The Hall–Kier alpha value is -9.50. The number of hydrogen-bond donors (Lipinski definition) is 0. The van der Waals surface area contributed by atoms with Gasteiger partial charge in [-0.3, -0.25) is 0 Å². The molecule has 13 aromatic carbocycles. The predicted molar refractivity (Wildman–Crippen MR) is 307 cm³/mol. The molecule has 2 nitrogen and oxygen atoms in total. The van der Waals surface area contributed by atoms with Crippen molar-refractivity contribution in [3.8, 4) is 50.2 Å². The molecule has 0 atom stereocenters. The van der Waals surface area contributed by atoms with Gasteiger partial charge < -0.3 is 9.47 Å². The maximum atomic E-state index is 2.48. The highest BCUT2D eigenvalue weighted by Gasteiger charge is 2.24. The summed E-state index contributed by atoms with van der Waals surface area (Å²) >= 11 is 0. The molecule has 1 heterocycles. The van der Waals surface area contributed by atoms with E-state index in [2.05, 4.69) is 289 Å². The SMILES string of the molecule is c1ccc(-c2ccc(N(c3ccc(-c4ccc5c6ccccc6c6ccccc6c5c4)cc3)c3ccccc3-c3ccccc3)c(-c3ccccc3-n3c4ccccc4c4cc5ccccc5cc43)c2)cc1. The third kappa shape index (κ3) is 6.88. The number of aromatic nitrogens is 1. The molecule has 0 unspecified atom stereocenters. The van der Waals surface area contributed by atoms with Crippen LogP contribution in [-0.2, 0) is 0 Å². The Labute approximate surface area is 418 Å². The molecule has 0 bridgehead atoms. The first kappa shape index (κ1) is 41.5. The third-order valence-corrected chi connectivity index (χ3v) is 14.8. The molecule has 0 N–H and O–H groups in total. The van der Waals surface area contributed by atoms with Gasteiger partial charge in [-0.25, -0.2) is 0 Å². The van der Waals surface area contributed by atoms with E-state index in [-0.39, 0.29) is 0 Å². The van der Waals surface area contributed by atoms with Crippen LogP contribution >= 0.6 is 0 Å². The lowest BCUT2D eigenvalue weighted by molar-refractivity contribution is 1.18. The van der Waals surface area contributed by atoms with Gasteiger partial charge in [-0.1, -0.05) is 218 Å². The number of fused-ring (bicyclic) bond motifs is 10. The largest absolute Gasteiger partial charge is 0.309 e. The van der Waals surface area contributed by atoms with Crippen LogP contribution in [0.4, 0.5) is 17.1 Å². The fraction of sp³-hybridized carbons (Fsp3) is 0. The fourth-order valence-corrected chi connectivity index (χ4v) is 11.4. The van der Waals surface area contributed by atoms with Gasteiger partial charge in [0.15, 0.2) is 0 Å². The quantitative estimate of drug-likeness (QED) is 0.138. The Morgan fingerprint density at radius 3 is 1.44 bits per heavy atom. The van der Waals surface area contributed by atoms with Crippen LogP contribution in [0.1, 0.15) is 0 Å². The minimum atomic E-state index is 1.06. The molecular weight excluding hydrogens is 869 g/mol. The summed E-state index contributed by atoms with van der Waals surface area (Å²) in [5.74, 6) is 0. The molecule has 0 aliphatic rings. The molecule has 0 aliphatic heterocycles. The molecule has 0 spiro atoms. The van der Waals surface area contributed by atoms with E-state index < -0.39 is 0 Å². The lowest BCUT2D eigenvalue weighted by atomic mass is 9.92. The van der Waals surface area contributed by atoms with E-state index in [1.165, 1.54) is 76.0 Å². The first-order valence-electron chi connectivity index (χ1n) is 24.8. The average molecular weight is 915 g/mol. The Morgan fingerprint density at radius 2 is 0.722 bits per heavy atom. The van der Waals surface area contributed by atoms with Crippen LogP contribution in [-0.4, -0.2) is 4.57 Å². The molecule has 0 saturated carbocycles. The van der Waals surface area contributed by atoms with Crippen LogP contribution in [0, 0.1) is 0 Å². The summed E-state index contributed by atoms with van der Waals surface area (Å²) in [4.78, 5) is 2.48. The zero-order valence-electron chi connectivity index (χ0n) is 39.5. The maximum Gasteiger partial charge on any atom is 0.0547 e. The van der Waals surface area contributed by atoms with Crippen molar-refractivity contribution < 1.29 is 0 Å². The summed E-state index contributed by atoms with van der Waals surface area (Å²) in [5.41, 5.74) is 15.9. The van der Waals surface area contributed by atoms with E-state index in [1.54, 1.807) is 0 Å². The average Bonchev–Trinajstić information content (AvgIpc) is 3.78. The molecule has 2 heteroatoms. The molecule has 0 amide bonds. The van der Waals surface area contributed by atoms with Gasteiger partial charge in [0.1, 0.15) is 0 Å². The first-order valence-corrected chi connectivity index (χ1v) is 24.8. The van der Waals surface area contributed by atoms with Crippen LogP contribution in [0.3, 0.4) is 0 Å². The van der Waals surface area contributed by atoms with Gasteiger partial charge >= 0.3 is 0 Å². The van der Waals surface area contributed by atoms with E-state index >= 15 is 0 Å². The van der Waals surface area contributed by atoms with Crippen LogP contribution in [0.2, 0.25) is 0 Å². The second-order valence-corrected chi connectivity index (χ2v) is 18.8. The van der Waals surface area contributed by atoms with Gasteiger partial charge in [-0.05, 0) is 132 Å². The van der Waals surface area contributed by atoms with Crippen molar-refractivity contribution in [2.45, 2.75) is 0 Å². The number of hydrogen-bond acceptors (Lipinski definition) is 1. The van der Waals surface area contributed by atoms with E-state index in [0.717, 1.165) is 56.1 Å². The lowest BCUT2D eigenvalue weighted by Gasteiger charge is -2.31. The highest BCUT2D eigenvalue weighted by Crippen LogP contribution is 2.48. The van der Waals surface area contributed by atoms with Crippen molar-refractivity contribution in [1.29, 1.82) is 0 Å². The summed E-state index contributed by atoms with van der Waals surface area (Å²) in [6.07, 6.45) is 0. The topological polar surface area (TPSA) is 8.17 Å². The van der Waals surface area contributed by atoms with Crippen molar-refractivity contribution in [2.24, 2.45) is 0 Å². The van der Waals surface area contributed by atoms with Crippen molar-refractivity contribution in [2.75, 3.05) is 4.90 Å². The van der Waals surface area contributed by atoms with E-state index in [1.807, 2.05) is 0 Å². The van der Waals surface area contributed by atoms with Gasteiger partial charge in [0.2, 0.25) is 0 Å². The molecule has 14 rings (SSSR count). The summed E-state index contributed by atoms with van der Waals surface area (Å²) in [5, 5.41) is 12.6. The van der Waals surface area contributed by atoms with Gasteiger partial charge in [-0.15, -0.1) is 0 Å². The molecule has 0 fully saturated rings. The highest BCUT2D eigenvalue weighted by atomic mass is 15.1. The minimum Gasteiger partial charge on any atom is -0.309 e. The van der Waals surface area contributed by atoms with Gasteiger partial charge in [0.05, 0.1) is 28.1 Å². The number of rotatable bonds is 8. The molecule has 0 saturated heterocycles. The van der Waals surface area contributed by atoms with Crippen LogP contribution in [0.25, 0.3) is 115 Å². The van der Waals surface area contributed by atoms with Gasteiger partial charge in [-0.2, -0.15) is 0 Å². The van der Waals surface area contributed by atoms with E-state index in [0.29, 0.717) is 0 Å². The van der Waals surface area contributed by atoms with Gasteiger partial charge in [0, 0.05) is 33.2 Å². The maximum absolute atomic E-state index is 2.48. The minimum absolute atomic E-state index is 1.06. The summed E-state index contributed by atoms with van der Waals surface area (Å²) in [7, 11) is 0. The zero-order valence-corrected chi connectivity index (χ0v) is 39.5. The monoisotopic (exact) mass is 914 g/mol. The Morgan fingerprint density at radius 1 is 0.236 bits per heavy atom. The highest BCUT2D eigenvalue weighted by molar-refractivity contribution is 6.26. The number of benzene rings is 13. The molecule has 14 aromatic rings. The molecule has 336 valence electrons. The number of anilines is 3. The number of nitrogens with zero attached hydrogens (tertiary/aromatic N) is 2. The smallest absolute Gasteiger partial charge is 0.0547 e. The molecule has 0 aliphatic carbocycles. The Bertz CT molecular complexity index is 4340. The van der Waals surface area contributed by atoms with Crippen molar-refractivity contribution in [3.63, 3.8) is 0 Å². The summed E-state index contributed by atoms with van der Waals surface area (Å²) in [6, 6.07) is 102. The normalized spacial score (nSPS) is 11.6. The van der Waals surface area contributed by atoms with Crippen molar-refractivity contribution >= 4 is 82.0 Å². The van der Waals surface area contributed by atoms with Crippen LogP contribution in [0.15, 0.2) is 279 Å². The zero-order chi connectivity index (χ0) is 47.5. The lowest BCUT2D eigenvalue weighted by Crippen LogP contribution is -2.13. The van der Waals surface area contributed by atoms with Crippen molar-refractivity contribution in [3.05, 3.63) is 279 Å². The second-order valence-electron chi connectivity index (χ2n) is 18.8. The molecule has 1 aromatic heterocycles. The standard InChI is InChI=1S/C70H46N2/c1-3-19-47(20-4-1)53-38-42-69(64(45-53)61-30-14-17-33-67(61)72-68-34-18-15-31-62(68)65-44-50-23-7-8-24-51(50)46-70(65)72)71(66-32-16-13-25-55(66)49-21-5-2-6-22-49)54-39-35-48(36-40-54)52-37-41-60-58-28-10-9-26-56(58)57-27-11-12-29-59(57)63(60)43-52/h1-46H. The Balaban J connectivity index is 1.00. The van der Waals surface area contributed by atoms with E-state index in [4.69, 9.17) is 0 Å². The molecular formula is C70H46N2. The third-order valence-electron chi connectivity index (χ3n) is 14.8. The predicted octanol–water partition coefficient (Wildman–Crippen LogP) is 19.5.